The summed E-state index contributed by atoms with van der Waals surface area (Å²) in [7, 11) is 0. The molecule has 2 atom stereocenters. The normalized spacial score (nSPS) is 16.1. The van der Waals surface area contributed by atoms with Crippen LogP contribution in [0.3, 0.4) is 0 Å². The number of alkyl halides is 4. The van der Waals surface area contributed by atoms with Crippen molar-refractivity contribution in [3.8, 4) is 0 Å². The molecule has 0 bridgehead atoms. The van der Waals surface area contributed by atoms with Crippen LogP contribution < -0.4 is 0 Å². The van der Waals surface area contributed by atoms with Crippen LogP contribution in [-0.2, 0) is 6.23 Å². The summed E-state index contributed by atoms with van der Waals surface area (Å²) in [6.45, 7) is 0. The molecule has 0 nitrogen and oxygen atoms in total. The topological polar surface area (TPSA) is 0 Å². The van der Waals surface area contributed by atoms with Crippen molar-refractivity contribution in [3.05, 3.63) is 59.0 Å². The molecule has 2 aromatic carbocycles. The van der Waals surface area contributed by atoms with Gasteiger partial charge in [-0.05, 0) is 171 Å². The lowest BCUT2D eigenvalue weighted by atomic mass is 10.2. The van der Waals surface area contributed by atoms with Crippen LogP contribution in [0.4, 0.5) is 0 Å². The first kappa shape index (κ1) is 27.4. The molecule has 0 saturated heterocycles. The minimum absolute atomic E-state index is 0.784. The van der Waals surface area contributed by atoms with Crippen molar-refractivity contribution in [1.29, 1.82) is 0 Å². The Labute approximate surface area is 255 Å². The number of halogens is 12. The minimum Gasteiger partial charge on any atom is -0.0890 e. The molecule has 2 unspecified atom stereocenters. The third-order valence-electron chi connectivity index (χ3n) is 3.09. The van der Waals surface area contributed by atoms with E-state index in [2.05, 4.69) is 159 Å². The standard InChI is InChI=1S/C14H2Br10Cl2S/c15-5-1-3(7(17)11(21)9(5)19)13(23,25)27-14(24,26)4-2-6(16)10(20)12(22)8(4)18/h1-2H. The Morgan fingerprint density at radius 1 is 0.556 bits per heavy atom. The second-order valence-corrected chi connectivity index (χ2v) is 18.7. The predicted octanol–water partition coefficient (Wildman–Crippen LogP) is 12.7. The first-order valence-electron chi connectivity index (χ1n) is 6.33. The van der Waals surface area contributed by atoms with Gasteiger partial charge in [0.1, 0.15) is 0 Å². The van der Waals surface area contributed by atoms with Crippen molar-refractivity contribution >= 4 is 194 Å². The Morgan fingerprint density at radius 2 is 0.852 bits per heavy atom. The summed E-state index contributed by atoms with van der Waals surface area (Å²) in [5, 5.41) is 0. The molecule has 148 valence electrons. The van der Waals surface area contributed by atoms with Gasteiger partial charge in [-0.25, -0.2) is 0 Å². The number of thioether (sulfide) groups is 1. The summed E-state index contributed by atoms with van der Waals surface area (Å²) in [6, 6.07) is 3.83. The number of hydrogen-bond donors (Lipinski definition) is 0. The molecule has 0 radical (unpaired) electrons. The molecule has 0 spiro atoms. The molecule has 27 heavy (non-hydrogen) atoms. The van der Waals surface area contributed by atoms with Crippen LogP contribution in [0.25, 0.3) is 0 Å². The first-order chi connectivity index (χ1) is 12.2. The summed E-state index contributed by atoms with van der Waals surface area (Å²) in [5.74, 6) is 0. The Kier molecular flexibility index (Phi) is 10.8. The van der Waals surface area contributed by atoms with E-state index in [1.165, 1.54) is 11.8 Å². The highest BCUT2D eigenvalue weighted by atomic mass is 79.9. The fourth-order valence-electron chi connectivity index (χ4n) is 1.84. The van der Waals surface area contributed by atoms with Gasteiger partial charge >= 0.3 is 0 Å². The van der Waals surface area contributed by atoms with Crippen molar-refractivity contribution in [3.63, 3.8) is 0 Å². The number of hydrogen-bond acceptors (Lipinski definition) is 1. The van der Waals surface area contributed by atoms with Crippen LogP contribution in [0.5, 0.6) is 0 Å². The van der Waals surface area contributed by atoms with Crippen molar-refractivity contribution < 1.29 is 0 Å². The highest BCUT2D eigenvalue weighted by Crippen LogP contribution is 2.64. The minimum atomic E-state index is -1.05. The van der Waals surface area contributed by atoms with Crippen LogP contribution in [0.1, 0.15) is 11.1 Å². The average molecular weight is 1070 g/mol. The number of rotatable bonds is 4. The van der Waals surface area contributed by atoms with Gasteiger partial charge in [-0.3, -0.25) is 0 Å². The van der Waals surface area contributed by atoms with Crippen molar-refractivity contribution in [1.82, 2.24) is 0 Å². The van der Waals surface area contributed by atoms with Crippen LogP contribution in [0.15, 0.2) is 47.9 Å². The molecular weight excluding hydrogens is 1070 g/mol. The summed E-state index contributed by atoms with van der Waals surface area (Å²) < 4.78 is 4.63. The molecule has 13 heteroatoms. The van der Waals surface area contributed by atoms with Crippen molar-refractivity contribution in [2.24, 2.45) is 0 Å². The third-order valence-corrected chi connectivity index (χ3v) is 16.1. The quantitative estimate of drug-likeness (QED) is 0.167. The summed E-state index contributed by atoms with van der Waals surface area (Å²) >= 11 is 50.7. The van der Waals surface area contributed by atoms with E-state index in [1.54, 1.807) is 0 Å². The van der Waals surface area contributed by atoms with Gasteiger partial charge in [-0.2, -0.15) is 0 Å². The highest BCUT2D eigenvalue weighted by Gasteiger charge is 2.42. The zero-order valence-corrected chi connectivity index (χ0v) is 30.3. The van der Waals surface area contributed by atoms with Gasteiger partial charge in [-0.15, -0.1) is 0 Å². The first-order valence-corrected chi connectivity index (χ1v) is 15.8. The molecule has 0 N–H and O–H groups in total. The Bertz CT molecular complexity index is 842. The summed E-state index contributed by atoms with van der Waals surface area (Å²) in [5.41, 5.74) is 1.57. The van der Waals surface area contributed by atoms with Crippen LogP contribution >= 0.6 is 194 Å². The molecule has 0 amide bonds. The van der Waals surface area contributed by atoms with Gasteiger partial charge in [0, 0.05) is 46.9 Å². The fourth-order valence-corrected chi connectivity index (χ4v) is 12.7. The average Bonchev–Trinajstić information content (AvgIpc) is 2.56. The molecule has 0 aliphatic rings. The smallest absolute Gasteiger partial charge is 0.0890 e. The molecule has 0 aliphatic heterocycles. The molecule has 2 aromatic rings. The molecular formula is C14H2Br10Cl2S. The van der Waals surface area contributed by atoms with Gasteiger partial charge in [0.25, 0.3) is 0 Å². The van der Waals surface area contributed by atoms with Gasteiger partial charge in [0.2, 0.25) is 0 Å². The maximum Gasteiger partial charge on any atom is 0.173 e. The van der Waals surface area contributed by atoms with Crippen molar-refractivity contribution in [2.75, 3.05) is 0 Å². The predicted molar refractivity (Wildman–Crippen MR) is 155 cm³/mol. The maximum absolute atomic E-state index is 6.89. The monoisotopic (exact) mass is 1060 g/mol. The zero-order chi connectivity index (χ0) is 20.9. The highest BCUT2D eigenvalue weighted by molar-refractivity contribution is 9.16. The van der Waals surface area contributed by atoms with E-state index < -0.39 is 6.23 Å². The van der Waals surface area contributed by atoms with Gasteiger partial charge in [-0.1, -0.05) is 35.0 Å². The lowest BCUT2D eigenvalue weighted by Gasteiger charge is -2.31. The zero-order valence-electron chi connectivity index (χ0n) is 12.1. The Balaban J connectivity index is 2.55. The van der Waals surface area contributed by atoms with E-state index in [9.17, 15) is 0 Å². The third kappa shape index (κ3) is 6.19. The SMILES string of the molecule is ClC(Br)(SC(Cl)(Br)c1cc(Br)c(Br)c(Br)c1Br)c1cc(Br)c(Br)c(Br)c1Br. The molecule has 0 aromatic heterocycles. The van der Waals surface area contributed by atoms with E-state index in [0.717, 1.165) is 46.9 Å². The van der Waals surface area contributed by atoms with Gasteiger partial charge in [0.15, 0.2) is 6.23 Å². The lowest BCUT2D eigenvalue weighted by Crippen LogP contribution is -2.16. The molecule has 0 fully saturated rings. The van der Waals surface area contributed by atoms with Gasteiger partial charge < -0.3 is 0 Å². The molecule has 0 heterocycles. The summed E-state index contributed by atoms with van der Waals surface area (Å²) in [4.78, 5) is 0. The second-order valence-electron chi connectivity index (χ2n) is 4.83. The van der Waals surface area contributed by atoms with E-state index in [4.69, 9.17) is 23.2 Å². The lowest BCUT2D eigenvalue weighted by molar-refractivity contribution is 1.19. The van der Waals surface area contributed by atoms with Crippen LogP contribution in [0, 0.1) is 0 Å². The second kappa shape index (κ2) is 10.6. The maximum atomic E-state index is 6.89. The molecule has 0 saturated carbocycles. The van der Waals surface area contributed by atoms with Crippen LogP contribution in [-0.4, -0.2) is 0 Å². The van der Waals surface area contributed by atoms with Crippen molar-refractivity contribution in [2.45, 2.75) is 6.23 Å². The molecule has 2 rings (SSSR count). The van der Waals surface area contributed by atoms with E-state index in [1.807, 2.05) is 12.1 Å². The van der Waals surface area contributed by atoms with Crippen LogP contribution in [0.2, 0.25) is 0 Å². The summed E-state index contributed by atoms with van der Waals surface area (Å²) in [6.07, 6.45) is 0. The number of benzene rings is 2. The fraction of sp³-hybridized carbons (Fsp3) is 0.143. The van der Waals surface area contributed by atoms with Gasteiger partial charge in [0.05, 0.1) is 0 Å². The van der Waals surface area contributed by atoms with E-state index >= 15 is 0 Å². The van der Waals surface area contributed by atoms with E-state index in [-0.39, 0.29) is 0 Å². The Morgan fingerprint density at radius 3 is 1.15 bits per heavy atom. The largest absolute Gasteiger partial charge is 0.173 e. The molecule has 0 aliphatic carbocycles. The van der Waals surface area contributed by atoms with E-state index in [0.29, 0.717) is 0 Å². The Hall–Kier alpha value is 4.17.